The molecule has 6 nitrogen and oxygen atoms in total. The van der Waals surface area contributed by atoms with E-state index < -0.39 is 0 Å². The maximum absolute atomic E-state index is 13.0. The van der Waals surface area contributed by atoms with Gasteiger partial charge in [-0.3, -0.25) is 4.79 Å². The molecule has 128 valence electrons. The van der Waals surface area contributed by atoms with E-state index in [1.807, 2.05) is 49.1 Å². The largest absolute Gasteiger partial charge is 0.361 e. The van der Waals surface area contributed by atoms with Gasteiger partial charge in [0.25, 0.3) is 5.91 Å². The quantitative estimate of drug-likeness (QED) is 0.724. The predicted octanol–water partition coefficient (Wildman–Crippen LogP) is 3.92. The van der Waals surface area contributed by atoms with Crippen molar-refractivity contribution in [3.05, 3.63) is 59.2 Å². The van der Waals surface area contributed by atoms with Gasteiger partial charge in [0, 0.05) is 23.7 Å². The van der Waals surface area contributed by atoms with Crippen molar-refractivity contribution < 1.29 is 13.8 Å². The van der Waals surface area contributed by atoms with Crippen LogP contribution in [0, 0.1) is 13.8 Å². The molecule has 1 aromatic carbocycles. The van der Waals surface area contributed by atoms with Crippen LogP contribution in [-0.2, 0) is 0 Å². The molecule has 0 N–H and O–H groups in total. The summed E-state index contributed by atoms with van der Waals surface area (Å²) >= 11 is 0. The molecule has 1 aliphatic rings. The molecule has 3 aromatic rings. The molecular weight excluding hydrogens is 318 g/mol. The number of amides is 1. The fraction of sp³-hybridized carbons (Fsp3) is 0.316. The number of likely N-dealkylation sites (tertiary alicyclic amines) is 1. The van der Waals surface area contributed by atoms with Crippen molar-refractivity contribution in [1.82, 2.24) is 15.2 Å². The van der Waals surface area contributed by atoms with E-state index in [2.05, 4.69) is 10.3 Å². The normalized spacial score (nSPS) is 17.2. The summed E-state index contributed by atoms with van der Waals surface area (Å²) in [4.78, 5) is 14.8. The van der Waals surface area contributed by atoms with E-state index in [1.54, 1.807) is 6.07 Å². The Morgan fingerprint density at radius 3 is 2.68 bits per heavy atom. The number of benzene rings is 1. The number of hydrogen-bond acceptors (Lipinski definition) is 5. The number of nitrogens with zero attached hydrogens (tertiary/aromatic N) is 3. The van der Waals surface area contributed by atoms with Gasteiger partial charge in [0.15, 0.2) is 0 Å². The molecule has 6 heteroatoms. The molecule has 0 saturated carbocycles. The van der Waals surface area contributed by atoms with Crippen LogP contribution in [0.2, 0.25) is 0 Å². The maximum atomic E-state index is 13.0. The van der Waals surface area contributed by atoms with E-state index >= 15 is 0 Å². The lowest BCUT2D eigenvalue weighted by Crippen LogP contribution is -2.30. The summed E-state index contributed by atoms with van der Waals surface area (Å²) in [6.07, 6.45) is 1.84. The Morgan fingerprint density at radius 1 is 1.16 bits per heavy atom. The average Bonchev–Trinajstić information content (AvgIpc) is 3.35. The van der Waals surface area contributed by atoms with Crippen molar-refractivity contribution >= 4 is 5.91 Å². The van der Waals surface area contributed by atoms with Crippen LogP contribution in [0.25, 0.3) is 11.3 Å². The molecule has 0 radical (unpaired) electrons. The standard InChI is InChI=1S/C19H19N3O3/c1-12-18(13(2)24-20-12)16-9-6-10-22(16)19(23)17-11-15(21-25-17)14-7-4-3-5-8-14/h3-5,7-8,11,16H,6,9-10H2,1-2H3. The molecule has 1 fully saturated rings. The summed E-state index contributed by atoms with van der Waals surface area (Å²) in [6.45, 7) is 4.49. The van der Waals surface area contributed by atoms with Gasteiger partial charge in [-0.2, -0.15) is 0 Å². The Bertz CT molecular complexity index is 878. The van der Waals surface area contributed by atoms with Crippen LogP contribution in [-0.4, -0.2) is 27.7 Å². The minimum atomic E-state index is -0.141. The van der Waals surface area contributed by atoms with Gasteiger partial charge in [-0.1, -0.05) is 40.6 Å². The highest BCUT2D eigenvalue weighted by Crippen LogP contribution is 2.36. The number of carbonyl (C=O) groups is 1. The van der Waals surface area contributed by atoms with Crippen molar-refractivity contribution in [3.8, 4) is 11.3 Å². The summed E-state index contributed by atoms with van der Waals surface area (Å²) in [6, 6.07) is 11.4. The fourth-order valence-corrected chi connectivity index (χ4v) is 3.54. The van der Waals surface area contributed by atoms with E-state index in [1.165, 1.54) is 0 Å². The SMILES string of the molecule is Cc1noc(C)c1C1CCCN1C(=O)c1cc(-c2ccccc2)no1. The minimum absolute atomic E-state index is 0.0241. The van der Waals surface area contributed by atoms with Crippen molar-refractivity contribution in [2.75, 3.05) is 6.54 Å². The summed E-state index contributed by atoms with van der Waals surface area (Å²) in [5.41, 5.74) is 3.43. The molecule has 1 aliphatic heterocycles. The number of hydrogen-bond donors (Lipinski definition) is 0. The lowest BCUT2D eigenvalue weighted by atomic mass is 10.0. The summed E-state index contributed by atoms with van der Waals surface area (Å²) in [7, 11) is 0. The summed E-state index contributed by atoms with van der Waals surface area (Å²) < 4.78 is 10.6. The first-order chi connectivity index (χ1) is 12.1. The van der Waals surface area contributed by atoms with E-state index in [9.17, 15) is 4.79 Å². The van der Waals surface area contributed by atoms with Crippen molar-refractivity contribution in [2.45, 2.75) is 32.7 Å². The zero-order chi connectivity index (χ0) is 17.4. The summed E-state index contributed by atoms with van der Waals surface area (Å²) in [5, 5.41) is 8.07. The molecule has 4 rings (SSSR count). The Morgan fingerprint density at radius 2 is 1.96 bits per heavy atom. The second-order valence-electron chi connectivity index (χ2n) is 6.34. The van der Waals surface area contributed by atoms with Gasteiger partial charge < -0.3 is 13.9 Å². The second-order valence-corrected chi connectivity index (χ2v) is 6.34. The van der Waals surface area contributed by atoms with Crippen molar-refractivity contribution in [2.24, 2.45) is 0 Å². The number of aromatic nitrogens is 2. The smallest absolute Gasteiger partial charge is 0.293 e. The van der Waals surface area contributed by atoms with Crippen LogP contribution >= 0.6 is 0 Å². The molecular formula is C19H19N3O3. The zero-order valence-electron chi connectivity index (χ0n) is 14.2. The molecule has 1 amide bonds. The molecule has 0 spiro atoms. The fourth-order valence-electron chi connectivity index (χ4n) is 3.54. The zero-order valence-corrected chi connectivity index (χ0v) is 14.2. The highest BCUT2D eigenvalue weighted by Gasteiger charge is 2.35. The van der Waals surface area contributed by atoms with Crippen LogP contribution in [0.1, 0.15) is 46.5 Å². The van der Waals surface area contributed by atoms with E-state index in [4.69, 9.17) is 9.05 Å². The van der Waals surface area contributed by atoms with Crippen LogP contribution in [0.3, 0.4) is 0 Å². The Kier molecular flexibility index (Phi) is 3.87. The van der Waals surface area contributed by atoms with E-state index in [0.717, 1.165) is 35.4 Å². The molecule has 25 heavy (non-hydrogen) atoms. The van der Waals surface area contributed by atoms with Gasteiger partial charge in [-0.25, -0.2) is 0 Å². The van der Waals surface area contributed by atoms with Crippen LogP contribution < -0.4 is 0 Å². The van der Waals surface area contributed by atoms with Gasteiger partial charge in [-0.15, -0.1) is 0 Å². The number of carbonyl (C=O) groups excluding carboxylic acids is 1. The maximum Gasteiger partial charge on any atom is 0.293 e. The van der Waals surface area contributed by atoms with Crippen LogP contribution in [0.4, 0.5) is 0 Å². The third kappa shape index (κ3) is 2.73. The molecule has 1 saturated heterocycles. The molecule has 1 unspecified atom stereocenters. The third-order valence-corrected chi connectivity index (χ3v) is 4.73. The molecule has 3 heterocycles. The average molecular weight is 337 g/mol. The molecule has 0 aliphatic carbocycles. The van der Waals surface area contributed by atoms with Gasteiger partial charge in [0.1, 0.15) is 11.5 Å². The lowest BCUT2D eigenvalue weighted by molar-refractivity contribution is 0.0692. The Hall–Kier alpha value is -2.89. The first-order valence-corrected chi connectivity index (χ1v) is 8.41. The minimum Gasteiger partial charge on any atom is -0.361 e. The second kappa shape index (κ2) is 6.20. The van der Waals surface area contributed by atoms with Gasteiger partial charge >= 0.3 is 0 Å². The third-order valence-electron chi connectivity index (χ3n) is 4.73. The number of rotatable bonds is 3. The highest BCUT2D eigenvalue weighted by molar-refractivity contribution is 5.93. The van der Waals surface area contributed by atoms with E-state index in [0.29, 0.717) is 12.2 Å². The lowest BCUT2D eigenvalue weighted by Gasteiger charge is -2.23. The topological polar surface area (TPSA) is 72.4 Å². The monoisotopic (exact) mass is 337 g/mol. The van der Waals surface area contributed by atoms with Crippen LogP contribution in [0.5, 0.6) is 0 Å². The first kappa shape index (κ1) is 15.6. The molecule has 1 atom stereocenters. The van der Waals surface area contributed by atoms with Crippen molar-refractivity contribution in [1.29, 1.82) is 0 Å². The highest BCUT2D eigenvalue weighted by atomic mass is 16.5. The van der Waals surface area contributed by atoms with Crippen LogP contribution in [0.15, 0.2) is 45.4 Å². The van der Waals surface area contributed by atoms with E-state index in [-0.39, 0.29) is 17.7 Å². The van der Waals surface area contributed by atoms with Crippen molar-refractivity contribution in [3.63, 3.8) is 0 Å². The molecule has 2 aromatic heterocycles. The van der Waals surface area contributed by atoms with Gasteiger partial charge in [0.05, 0.1) is 11.7 Å². The van der Waals surface area contributed by atoms with Gasteiger partial charge in [-0.05, 0) is 26.7 Å². The predicted molar refractivity (Wildman–Crippen MR) is 90.9 cm³/mol. The summed E-state index contributed by atoms with van der Waals surface area (Å²) in [5.74, 6) is 0.888. The Balaban J connectivity index is 1.61. The first-order valence-electron chi connectivity index (χ1n) is 8.41. The van der Waals surface area contributed by atoms with Gasteiger partial charge in [0.2, 0.25) is 5.76 Å². The number of aryl methyl sites for hydroxylation is 2. The molecule has 0 bridgehead atoms. The Labute approximate surface area is 145 Å².